The predicted octanol–water partition coefficient (Wildman–Crippen LogP) is -0.0151. The molecule has 3 rings (SSSR count). The van der Waals surface area contributed by atoms with Gasteiger partial charge in [-0.05, 0) is 18.2 Å². The number of methoxy groups -OCH3 is 2. The van der Waals surface area contributed by atoms with Gasteiger partial charge in [-0.1, -0.05) is 23.6 Å². The monoisotopic (exact) mass is 422 g/mol. The molecule has 9 heteroatoms. The van der Waals surface area contributed by atoms with Crippen molar-refractivity contribution in [1.29, 1.82) is 0 Å². The molecule has 0 unspecified atom stereocenters. The van der Waals surface area contributed by atoms with E-state index in [-0.39, 0.29) is 51.3 Å². The van der Waals surface area contributed by atoms with E-state index in [9.17, 15) is 18.0 Å². The molecule has 0 heterocycles. The second kappa shape index (κ2) is 9.41. The number of ether oxygens (including phenoxy) is 2. The molecule has 0 aliphatic carbocycles. The molecule has 144 valence electrons. The first-order valence-electron chi connectivity index (χ1n) is 8.01. The smallest absolute Gasteiger partial charge is 0.465 e. The van der Waals surface area contributed by atoms with Gasteiger partial charge in [0, 0.05) is 0 Å². The quantitative estimate of drug-likeness (QED) is 0.247. The number of carbonyl (C=O) groups is 2. The fourth-order valence-corrected chi connectivity index (χ4v) is 3.60. The van der Waals surface area contributed by atoms with Gasteiger partial charge in [0.1, 0.15) is 4.90 Å². The average Bonchev–Trinajstić information content (AvgIpc) is 2.72. The molecule has 3 aromatic rings. The van der Waals surface area contributed by atoms with E-state index in [1.54, 1.807) is 24.3 Å². The summed E-state index contributed by atoms with van der Waals surface area (Å²) in [7, 11) is -2.08. The number of hydrogen-bond donors (Lipinski definition) is 0. The summed E-state index contributed by atoms with van der Waals surface area (Å²) in [5, 5.41) is 1.22. The van der Waals surface area contributed by atoms with Crippen LogP contribution in [-0.4, -0.2) is 34.6 Å². The molecule has 7 nitrogen and oxygen atoms in total. The zero-order valence-corrected chi connectivity index (χ0v) is 18.8. The molecule has 0 aliphatic heterocycles. The molecule has 0 amide bonds. The van der Waals surface area contributed by atoms with Crippen LogP contribution in [0.15, 0.2) is 59.5 Å². The molecule has 0 atom stereocenters. The number of fused-ring (bicyclic) bond motifs is 1. The number of benzene rings is 3. The predicted molar refractivity (Wildman–Crippen MR) is 99.7 cm³/mol. The third-order valence-electron chi connectivity index (χ3n) is 3.90. The Morgan fingerprint density at radius 1 is 0.897 bits per heavy atom. The van der Waals surface area contributed by atoms with Crippen LogP contribution in [0.25, 0.3) is 10.8 Å². The summed E-state index contributed by atoms with van der Waals surface area (Å²) >= 11 is 0. The van der Waals surface area contributed by atoms with Crippen LogP contribution in [0.5, 0.6) is 5.75 Å². The van der Waals surface area contributed by atoms with Gasteiger partial charge in [0.2, 0.25) is 0 Å². The Bertz CT molecular complexity index is 1130. The van der Waals surface area contributed by atoms with E-state index in [0.717, 1.165) is 26.4 Å². The number of carbonyl (C=O) groups excluding carboxylic acids is 2. The SMILES string of the molecule is COC(=O)c1cc(C(=O)OC)cc(S(=O)(=O)Oc2cc[c-]c3ccccc23)c1.[Na+]. The van der Waals surface area contributed by atoms with Crippen LogP contribution in [0.4, 0.5) is 0 Å². The van der Waals surface area contributed by atoms with Gasteiger partial charge in [-0.3, -0.25) is 0 Å². The second-order valence-corrected chi connectivity index (χ2v) is 7.20. The van der Waals surface area contributed by atoms with Crippen LogP contribution in [0.1, 0.15) is 20.7 Å². The molecule has 0 saturated heterocycles. The molecule has 0 saturated carbocycles. The Labute approximate surface area is 190 Å². The van der Waals surface area contributed by atoms with Gasteiger partial charge in [0.25, 0.3) is 0 Å². The van der Waals surface area contributed by atoms with Gasteiger partial charge in [0.15, 0.2) is 0 Å². The van der Waals surface area contributed by atoms with Crippen molar-refractivity contribution in [3.63, 3.8) is 0 Å². The maximum atomic E-state index is 12.8. The fourth-order valence-electron chi connectivity index (χ4n) is 2.57. The van der Waals surface area contributed by atoms with Gasteiger partial charge in [-0.15, -0.1) is 29.7 Å². The van der Waals surface area contributed by atoms with Crippen LogP contribution >= 0.6 is 0 Å². The normalized spacial score (nSPS) is 10.7. The van der Waals surface area contributed by atoms with Gasteiger partial charge in [-0.25, -0.2) is 9.59 Å². The molecule has 0 spiro atoms. The van der Waals surface area contributed by atoms with Crippen LogP contribution in [-0.2, 0) is 19.6 Å². The fraction of sp³-hybridized carbons (Fsp3) is 0.100. The summed E-state index contributed by atoms with van der Waals surface area (Å²) < 4.78 is 40.2. The van der Waals surface area contributed by atoms with Crippen molar-refractivity contribution in [3.8, 4) is 5.75 Å². The van der Waals surface area contributed by atoms with Crippen molar-refractivity contribution in [2.24, 2.45) is 0 Å². The molecule has 0 aromatic heterocycles. The zero-order chi connectivity index (χ0) is 20.3. The summed E-state index contributed by atoms with van der Waals surface area (Å²) in [6.07, 6.45) is 0. The Kier molecular flexibility index (Phi) is 7.43. The first kappa shape index (κ1) is 22.9. The molecule has 29 heavy (non-hydrogen) atoms. The van der Waals surface area contributed by atoms with Crippen LogP contribution < -0.4 is 33.7 Å². The van der Waals surface area contributed by atoms with Gasteiger partial charge in [-0.2, -0.15) is 8.42 Å². The Balaban J connectivity index is 0.00000300. The third kappa shape index (κ3) is 4.97. The summed E-state index contributed by atoms with van der Waals surface area (Å²) in [6.45, 7) is 0. The van der Waals surface area contributed by atoms with E-state index < -0.39 is 22.1 Å². The Hall–Kier alpha value is -2.39. The minimum Gasteiger partial charge on any atom is -0.465 e. The first-order valence-corrected chi connectivity index (χ1v) is 9.42. The van der Waals surface area contributed by atoms with Gasteiger partial charge >= 0.3 is 51.6 Å². The zero-order valence-electron chi connectivity index (χ0n) is 16.0. The van der Waals surface area contributed by atoms with Crippen LogP contribution in [0, 0.1) is 6.07 Å². The molecule has 0 bridgehead atoms. The van der Waals surface area contributed by atoms with Crippen molar-refractivity contribution < 1.29 is 61.2 Å². The maximum absolute atomic E-state index is 12.8. The summed E-state index contributed by atoms with van der Waals surface area (Å²) in [4.78, 5) is 23.4. The minimum absolute atomic E-state index is 0. The standard InChI is InChI=1S/C20H15O7S.Na/c1-25-19(21)14-10-15(20(22)26-2)12-16(11-14)28(23,24)27-18-9-5-7-13-6-3-4-8-17(13)18;/h3-6,8-12H,1-2H3;/q-1;+1. The Morgan fingerprint density at radius 3 is 2.07 bits per heavy atom. The van der Waals surface area contributed by atoms with Gasteiger partial charge in [0.05, 0.1) is 31.1 Å². The van der Waals surface area contributed by atoms with Crippen molar-refractivity contribution in [2.45, 2.75) is 4.90 Å². The molecule has 0 N–H and O–H groups in total. The van der Waals surface area contributed by atoms with E-state index >= 15 is 0 Å². The number of hydrogen-bond acceptors (Lipinski definition) is 7. The van der Waals surface area contributed by atoms with E-state index in [1.807, 2.05) is 0 Å². The summed E-state index contributed by atoms with van der Waals surface area (Å²) in [5.74, 6) is -1.51. The van der Waals surface area contributed by atoms with E-state index in [1.165, 1.54) is 18.2 Å². The molecule has 0 aliphatic rings. The third-order valence-corrected chi connectivity index (χ3v) is 5.11. The second-order valence-electron chi connectivity index (χ2n) is 5.65. The summed E-state index contributed by atoms with van der Waals surface area (Å²) in [5.41, 5.74) is -0.252. The molecule has 0 radical (unpaired) electrons. The first-order chi connectivity index (χ1) is 13.4. The van der Waals surface area contributed by atoms with Crippen molar-refractivity contribution in [3.05, 3.63) is 71.8 Å². The maximum Gasteiger partial charge on any atom is 1.00 e. The Morgan fingerprint density at radius 2 is 1.48 bits per heavy atom. The van der Waals surface area contributed by atoms with Gasteiger partial charge < -0.3 is 13.7 Å². The van der Waals surface area contributed by atoms with Crippen molar-refractivity contribution in [2.75, 3.05) is 14.2 Å². The number of rotatable bonds is 5. The van der Waals surface area contributed by atoms with Crippen molar-refractivity contribution in [1.82, 2.24) is 0 Å². The van der Waals surface area contributed by atoms with E-state index in [0.29, 0.717) is 10.8 Å². The van der Waals surface area contributed by atoms with E-state index in [4.69, 9.17) is 4.18 Å². The molecular weight excluding hydrogens is 407 g/mol. The molecular formula is C20H15NaO7S. The average molecular weight is 422 g/mol. The minimum atomic E-state index is -4.36. The summed E-state index contributed by atoms with van der Waals surface area (Å²) in [6, 6.07) is 16.3. The topological polar surface area (TPSA) is 96.0 Å². The van der Waals surface area contributed by atoms with Crippen LogP contribution in [0.3, 0.4) is 0 Å². The largest absolute Gasteiger partial charge is 1.00 e. The van der Waals surface area contributed by atoms with E-state index in [2.05, 4.69) is 15.5 Å². The van der Waals surface area contributed by atoms with Crippen molar-refractivity contribution >= 4 is 32.8 Å². The number of esters is 2. The molecule has 3 aromatic carbocycles. The van der Waals surface area contributed by atoms with Crippen LogP contribution in [0.2, 0.25) is 0 Å². The molecule has 0 fully saturated rings.